The Hall–Kier alpha value is -2.15. The van der Waals surface area contributed by atoms with E-state index < -0.39 is 5.41 Å². The summed E-state index contributed by atoms with van der Waals surface area (Å²) in [5, 5.41) is 0. The molecule has 0 radical (unpaired) electrons. The number of ether oxygens (including phenoxy) is 1. The number of rotatable bonds is 5. The second kappa shape index (κ2) is 8.07. The maximum Gasteiger partial charge on any atom is 0.312 e. The van der Waals surface area contributed by atoms with Crippen LogP contribution >= 0.6 is 0 Å². The summed E-state index contributed by atoms with van der Waals surface area (Å²) < 4.78 is 7.26. The zero-order valence-corrected chi connectivity index (χ0v) is 16.3. The number of likely N-dealkylation sites (tertiary alicyclic amines) is 2. The van der Waals surface area contributed by atoms with E-state index in [1.165, 1.54) is 18.9 Å². The highest BCUT2D eigenvalue weighted by Crippen LogP contribution is 2.43. The SMILES string of the molecule is O=C(CCn1ccccc1=O)N1CCC2(CC1)CC(CN1CCCC1)OC2=O. The molecule has 1 aromatic rings. The van der Waals surface area contributed by atoms with E-state index in [1.54, 1.807) is 22.9 Å². The molecule has 3 fully saturated rings. The number of cyclic esters (lactones) is 1. The molecule has 0 saturated carbocycles. The van der Waals surface area contributed by atoms with E-state index in [9.17, 15) is 14.4 Å². The Morgan fingerprint density at radius 2 is 1.86 bits per heavy atom. The van der Waals surface area contributed by atoms with Gasteiger partial charge in [-0.3, -0.25) is 19.3 Å². The summed E-state index contributed by atoms with van der Waals surface area (Å²) in [6.07, 6.45) is 6.62. The third kappa shape index (κ3) is 3.99. The first-order chi connectivity index (χ1) is 13.6. The normalized spacial score (nSPS) is 24.6. The van der Waals surface area contributed by atoms with Crippen molar-refractivity contribution in [2.75, 3.05) is 32.7 Å². The molecule has 0 aliphatic carbocycles. The van der Waals surface area contributed by atoms with Crippen LogP contribution in [0.5, 0.6) is 0 Å². The number of aromatic nitrogens is 1. The van der Waals surface area contributed by atoms with Crippen LogP contribution in [0.15, 0.2) is 29.2 Å². The van der Waals surface area contributed by atoms with Crippen LogP contribution in [0.2, 0.25) is 0 Å². The molecule has 3 aliphatic rings. The van der Waals surface area contributed by atoms with Gasteiger partial charge in [0.1, 0.15) is 6.10 Å². The molecule has 4 heterocycles. The van der Waals surface area contributed by atoms with Gasteiger partial charge in [-0.25, -0.2) is 0 Å². The van der Waals surface area contributed by atoms with Crippen LogP contribution < -0.4 is 5.56 Å². The second-order valence-corrected chi connectivity index (χ2v) is 8.38. The van der Waals surface area contributed by atoms with Gasteiger partial charge in [0, 0.05) is 51.3 Å². The fourth-order valence-corrected chi connectivity index (χ4v) is 4.80. The number of aryl methyl sites for hydroxylation is 1. The topological polar surface area (TPSA) is 71.8 Å². The van der Waals surface area contributed by atoms with Crippen LogP contribution in [0.1, 0.15) is 38.5 Å². The van der Waals surface area contributed by atoms with Crippen LogP contribution in [0, 0.1) is 5.41 Å². The molecule has 1 spiro atoms. The minimum absolute atomic E-state index is 0.00203. The molecule has 1 atom stereocenters. The van der Waals surface area contributed by atoms with Gasteiger partial charge in [0.2, 0.25) is 5.91 Å². The highest BCUT2D eigenvalue weighted by molar-refractivity contribution is 5.80. The third-order valence-corrected chi connectivity index (χ3v) is 6.52. The first-order valence-electron chi connectivity index (χ1n) is 10.4. The fraction of sp³-hybridized carbons (Fsp3) is 0.667. The van der Waals surface area contributed by atoms with Crippen molar-refractivity contribution >= 4 is 11.9 Å². The lowest BCUT2D eigenvalue weighted by Crippen LogP contribution is -2.45. The minimum atomic E-state index is -0.405. The van der Waals surface area contributed by atoms with Gasteiger partial charge >= 0.3 is 5.97 Å². The molecule has 4 rings (SSSR count). The largest absolute Gasteiger partial charge is 0.461 e. The number of nitrogens with zero attached hydrogens (tertiary/aromatic N) is 3. The number of esters is 1. The Balaban J connectivity index is 1.27. The van der Waals surface area contributed by atoms with Gasteiger partial charge in [-0.15, -0.1) is 0 Å². The van der Waals surface area contributed by atoms with Crippen molar-refractivity contribution < 1.29 is 14.3 Å². The molecule has 0 aromatic carbocycles. The van der Waals surface area contributed by atoms with Crippen LogP contribution in [0.25, 0.3) is 0 Å². The van der Waals surface area contributed by atoms with Crippen molar-refractivity contribution in [1.29, 1.82) is 0 Å². The van der Waals surface area contributed by atoms with E-state index in [1.807, 2.05) is 4.90 Å². The van der Waals surface area contributed by atoms with E-state index in [2.05, 4.69) is 4.90 Å². The molecular weight excluding hydrogens is 358 g/mol. The number of pyridine rings is 1. The van der Waals surface area contributed by atoms with Crippen LogP contribution in [0.3, 0.4) is 0 Å². The number of hydrogen-bond donors (Lipinski definition) is 0. The van der Waals surface area contributed by atoms with E-state index in [0.717, 1.165) is 26.1 Å². The lowest BCUT2D eigenvalue weighted by atomic mass is 9.76. The summed E-state index contributed by atoms with van der Waals surface area (Å²) in [5.41, 5.74) is -0.497. The number of carbonyl (C=O) groups excluding carboxylic acids is 2. The molecule has 152 valence electrons. The lowest BCUT2D eigenvalue weighted by molar-refractivity contribution is -0.152. The molecule has 28 heavy (non-hydrogen) atoms. The Kier molecular flexibility index (Phi) is 5.53. The van der Waals surface area contributed by atoms with Crippen LogP contribution in [0.4, 0.5) is 0 Å². The van der Waals surface area contributed by atoms with Crippen molar-refractivity contribution in [3.05, 3.63) is 34.7 Å². The fourth-order valence-electron chi connectivity index (χ4n) is 4.80. The molecular formula is C21H29N3O4. The highest BCUT2D eigenvalue weighted by atomic mass is 16.6. The van der Waals surface area contributed by atoms with Crippen molar-refractivity contribution in [1.82, 2.24) is 14.4 Å². The maximum atomic E-state index is 12.6. The molecule has 1 amide bonds. The Labute approximate surface area is 165 Å². The van der Waals surface area contributed by atoms with Crippen molar-refractivity contribution in [3.63, 3.8) is 0 Å². The summed E-state index contributed by atoms with van der Waals surface area (Å²) >= 11 is 0. The molecule has 0 bridgehead atoms. The van der Waals surface area contributed by atoms with Crippen molar-refractivity contribution in [2.24, 2.45) is 5.41 Å². The first kappa shape index (κ1) is 19.2. The summed E-state index contributed by atoms with van der Waals surface area (Å²) in [4.78, 5) is 41.1. The standard InChI is InChI=1S/C21H29N3O4/c25-18-5-1-2-11-23(18)12-6-19(26)24-13-7-21(8-14-24)15-17(28-20(21)27)16-22-9-3-4-10-22/h1-2,5,11,17H,3-4,6-10,12-16H2. The highest BCUT2D eigenvalue weighted by Gasteiger charge is 2.51. The van der Waals surface area contributed by atoms with Crippen molar-refractivity contribution in [2.45, 2.75) is 51.2 Å². The maximum absolute atomic E-state index is 12.6. The van der Waals surface area contributed by atoms with Crippen molar-refractivity contribution in [3.8, 4) is 0 Å². The Bertz CT molecular complexity index is 776. The van der Waals surface area contributed by atoms with Gasteiger partial charge in [0.25, 0.3) is 5.56 Å². The van der Waals surface area contributed by atoms with Gasteiger partial charge < -0.3 is 14.2 Å². The zero-order valence-electron chi connectivity index (χ0n) is 16.3. The molecule has 3 aliphatic heterocycles. The van der Waals surface area contributed by atoms with E-state index in [0.29, 0.717) is 38.9 Å². The summed E-state index contributed by atoms with van der Waals surface area (Å²) in [7, 11) is 0. The molecule has 1 aromatic heterocycles. The van der Waals surface area contributed by atoms with E-state index >= 15 is 0 Å². The minimum Gasteiger partial charge on any atom is -0.461 e. The van der Waals surface area contributed by atoms with Gasteiger partial charge in [-0.05, 0) is 44.8 Å². The average Bonchev–Trinajstić information content (AvgIpc) is 3.30. The third-order valence-electron chi connectivity index (χ3n) is 6.52. The Morgan fingerprint density at radius 3 is 2.57 bits per heavy atom. The number of hydrogen-bond acceptors (Lipinski definition) is 5. The van der Waals surface area contributed by atoms with Gasteiger partial charge in [-0.2, -0.15) is 0 Å². The molecule has 3 saturated heterocycles. The summed E-state index contributed by atoms with van der Waals surface area (Å²) in [6.45, 7) is 4.63. The monoisotopic (exact) mass is 387 g/mol. The molecule has 1 unspecified atom stereocenters. The van der Waals surface area contributed by atoms with Gasteiger partial charge in [-0.1, -0.05) is 6.07 Å². The smallest absolute Gasteiger partial charge is 0.312 e. The predicted octanol–water partition coefficient (Wildman–Crippen LogP) is 1.26. The van der Waals surface area contributed by atoms with Gasteiger partial charge in [0.05, 0.1) is 5.41 Å². The lowest BCUT2D eigenvalue weighted by Gasteiger charge is -2.36. The van der Waals surface area contributed by atoms with Gasteiger partial charge in [0.15, 0.2) is 0 Å². The zero-order chi connectivity index (χ0) is 19.6. The van der Waals surface area contributed by atoms with Crippen LogP contribution in [-0.2, 0) is 20.9 Å². The second-order valence-electron chi connectivity index (χ2n) is 8.38. The molecule has 7 heteroatoms. The summed E-state index contributed by atoms with van der Waals surface area (Å²) in [5.74, 6) is -0.0229. The number of amides is 1. The van der Waals surface area contributed by atoms with E-state index in [-0.39, 0.29) is 23.5 Å². The van der Waals surface area contributed by atoms with E-state index in [4.69, 9.17) is 4.74 Å². The molecule has 7 nitrogen and oxygen atoms in total. The number of carbonyl (C=O) groups is 2. The average molecular weight is 387 g/mol. The number of piperidine rings is 1. The first-order valence-corrected chi connectivity index (χ1v) is 10.4. The predicted molar refractivity (Wildman–Crippen MR) is 104 cm³/mol. The molecule has 0 N–H and O–H groups in total. The van der Waals surface area contributed by atoms with Crippen LogP contribution in [-0.4, -0.2) is 65.1 Å². The quantitative estimate of drug-likeness (QED) is 0.712. The Morgan fingerprint density at radius 1 is 1.11 bits per heavy atom. The summed E-state index contributed by atoms with van der Waals surface area (Å²) in [6, 6.07) is 4.99.